The van der Waals surface area contributed by atoms with Gasteiger partial charge < -0.3 is 19.8 Å². The van der Waals surface area contributed by atoms with Crippen molar-refractivity contribution in [2.45, 2.75) is 19.4 Å². The van der Waals surface area contributed by atoms with Crippen molar-refractivity contribution < 1.29 is 24.5 Å². The lowest BCUT2D eigenvalue weighted by atomic mass is 9.94. The zero-order valence-corrected chi connectivity index (χ0v) is 19.2. The molecule has 0 unspecified atom stereocenters. The molecule has 2 aromatic rings. The molecule has 0 aromatic heterocycles. The Labute approximate surface area is 197 Å². The molecule has 1 atom stereocenters. The van der Waals surface area contributed by atoms with Crippen molar-refractivity contribution >= 4 is 29.1 Å². The normalized spacial score (nSPS) is 21.0. The van der Waals surface area contributed by atoms with Crippen molar-refractivity contribution in [3.05, 3.63) is 69.8 Å². The number of aryl methyl sites for hydroxylation is 1. The number of likely N-dealkylation sites (tertiary alicyclic amines) is 1. The van der Waals surface area contributed by atoms with E-state index < -0.39 is 23.5 Å². The molecule has 33 heavy (non-hydrogen) atoms. The Bertz CT molecular complexity index is 1080. The van der Waals surface area contributed by atoms with Crippen LogP contribution in [0, 0.1) is 6.92 Å². The second kappa shape index (κ2) is 9.95. The fourth-order valence-corrected chi connectivity index (χ4v) is 4.51. The highest BCUT2D eigenvalue weighted by Crippen LogP contribution is 2.41. The maximum absolute atomic E-state index is 13.1. The molecule has 174 valence electrons. The molecule has 0 saturated carbocycles. The minimum absolute atomic E-state index is 0.0194. The minimum atomic E-state index is -0.774. The Kier molecular flexibility index (Phi) is 7.02. The Morgan fingerprint density at radius 1 is 1.09 bits per heavy atom. The third-order valence-electron chi connectivity index (χ3n) is 6.12. The maximum atomic E-state index is 13.1. The van der Waals surface area contributed by atoms with E-state index in [-0.39, 0.29) is 16.9 Å². The Balaban J connectivity index is 1.70. The number of phenols is 1. The molecule has 4 rings (SSSR count). The highest BCUT2D eigenvalue weighted by molar-refractivity contribution is 6.46. The first-order valence-corrected chi connectivity index (χ1v) is 11.4. The SMILES string of the molecule is Cc1ccc([C@@H]2C(=C(O)c3cc(Cl)ccc3O)C(=O)C(=O)N2CCCN2CCOCC2)cc1. The highest BCUT2D eigenvalue weighted by Gasteiger charge is 2.46. The van der Waals surface area contributed by atoms with Gasteiger partial charge in [0.05, 0.1) is 30.4 Å². The molecule has 0 aliphatic carbocycles. The molecular formula is C25H27ClN2O5. The van der Waals surface area contributed by atoms with Crippen LogP contribution in [-0.2, 0) is 14.3 Å². The summed E-state index contributed by atoms with van der Waals surface area (Å²) in [6.07, 6.45) is 0.678. The second-order valence-electron chi connectivity index (χ2n) is 8.37. The van der Waals surface area contributed by atoms with E-state index in [9.17, 15) is 19.8 Å². The number of carbonyl (C=O) groups is 2. The first-order valence-electron chi connectivity index (χ1n) is 11.0. The lowest BCUT2D eigenvalue weighted by molar-refractivity contribution is -0.140. The van der Waals surface area contributed by atoms with Crippen LogP contribution in [0.3, 0.4) is 0 Å². The van der Waals surface area contributed by atoms with Gasteiger partial charge in [-0.3, -0.25) is 14.5 Å². The van der Waals surface area contributed by atoms with Gasteiger partial charge in [0.2, 0.25) is 0 Å². The van der Waals surface area contributed by atoms with Gasteiger partial charge in [-0.05, 0) is 37.1 Å². The number of phenolic OH excluding ortho intramolecular Hbond substituents is 1. The molecule has 0 bridgehead atoms. The van der Waals surface area contributed by atoms with E-state index in [1.165, 1.54) is 23.1 Å². The molecule has 2 aliphatic rings. The minimum Gasteiger partial charge on any atom is -0.507 e. The average Bonchev–Trinajstić information content (AvgIpc) is 3.06. The number of rotatable bonds is 6. The van der Waals surface area contributed by atoms with E-state index in [4.69, 9.17) is 16.3 Å². The Morgan fingerprint density at radius 2 is 1.79 bits per heavy atom. The predicted molar refractivity (Wildman–Crippen MR) is 125 cm³/mol. The first kappa shape index (κ1) is 23.3. The van der Waals surface area contributed by atoms with Crippen LogP contribution in [0.1, 0.15) is 29.2 Å². The summed E-state index contributed by atoms with van der Waals surface area (Å²) >= 11 is 6.05. The van der Waals surface area contributed by atoms with Gasteiger partial charge >= 0.3 is 0 Å². The van der Waals surface area contributed by atoms with Gasteiger partial charge in [-0.25, -0.2) is 0 Å². The standard InChI is InChI=1S/C25H27ClN2O5/c1-16-3-5-17(6-4-16)22-21(23(30)19-15-18(26)7-8-20(19)29)24(31)25(32)28(22)10-2-9-27-11-13-33-14-12-27/h3-8,15,22,29-30H,2,9-14H2,1H3/t22-/m1/s1. The number of ether oxygens (including phenoxy) is 1. The molecular weight excluding hydrogens is 444 g/mol. The molecule has 0 radical (unpaired) electrons. The molecule has 2 aliphatic heterocycles. The lowest BCUT2D eigenvalue weighted by Crippen LogP contribution is -2.38. The van der Waals surface area contributed by atoms with Crippen LogP contribution in [0.5, 0.6) is 5.75 Å². The number of aliphatic hydroxyl groups excluding tert-OH is 1. The summed E-state index contributed by atoms with van der Waals surface area (Å²) in [5.41, 5.74) is 1.73. The number of halogens is 1. The third-order valence-corrected chi connectivity index (χ3v) is 6.36. The van der Waals surface area contributed by atoms with Gasteiger partial charge in [-0.1, -0.05) is 41.4 Å². The number of nitrogens with zero attached hydrogens (tertiary/aromatic N) is 2. The van der Waals surface area contributed by atoms with Crippen molar-refractivity contribution in [2.24, 2.45) is 0 Å². The van der Waals surface area contributed by atoms with Crippen molar-refractivity contribution in [3.8, 4) is 5.75 Å². The molecule has 2 saturated heterocycles. The second-order valence-corrected chi connectivity index (χ2v) is 8.81. The largest absolute Gasteiger partial charge is 0.507 e. The molecule has 2 N–H and O–H groups in total. The van der Waals surface area contributed by atoms with E-state index in [1.807, 2.05) is 31.2 Å². The number of carbonyl (C=O) groups excluding carboxylic acids is 2. The summed E-state index contributed by atoms with van der Waals surface area (Å²) in [4.78, 5) is 29.9. The zero-order chi connectivity index (χ0) is 23.5. The van der Waals surface area contributed by atoms with Crippen molar-refractivity contribution in [1.82, 2.24) is 9.80 Å². The Hall–Kier alpha value is -2.87. The number of Topliss-reactive ketones (excluding diaryl/α,β-unsaturated/α-hetero) is 1. The third kappa shape index (κ3) is 4.90. The fourth-order valence-electron chi connectivity index (χ4n) is 4.34. The van der Waals surface area contributed by atoms with Gasteiger partial charge in [0, 0.05) is 31.2 Å². The fraction of sp³-hybridized carbons (Fsp3) is 0.360. The van der Waals surface area contributed by atoms with E-state index >= 15 is 0 Å². The smallest absolute Gasteiger partial charge is 0.295 e. The van der Waals surface area contributed by atoms with Gasteiger partial charge in [0.25, 0.3) is 11.7 Å². The summed E-state index contributed by atoms with van der Waals surface area (Å²) in [6.45, 7) is 6.16. The van der Waals surface area contributed by atoms with Crippen LogP contribution in [0.4, 0.5) is 0 Å². The summed E-state index contributed by atoms with van der Waals surface area (Å²) in [5, 5.41) is 21.7. The van der Waals surface area contributed by atoms with Gasteiger partial charge in [-0.2, -0.15) is 0 Å². The summed E-state index contributed by atoms with van der Waals surface area (Å²) < 4.78 is 5.38. The van der Waals surface area contributed by atoms with Crippen LogP contribution in [0.2, 0.25) is 5.02 Å². The lowest BCUT2D eigenvalue weighted by Gasteiger charge is -2.29. The van der Waals surface area contributed by atoms with Crippen molar-refractivity contribution in [2.75, 3.05) is 39.4 Å². The maximum Gasteiger partial charge on any atom is 0.295 e. The van der Waals surface area contributed by atoms with Crippen LogP contribution in [0.25, 0.3) is 5.76 Å². The highest BCUT2D eigenvalue weighted by atomic mass is 35.5. The van der Waals surface area contributed by atoms with E-state index in [1.54, 1.807) is 0 Å². The first-order chi connectivity index (χ1) is 15.9. The number of hydrogen-bond donors (Lipinski definition) is 2. The number of benzene rings is 2. The van der Waals surface area contributed by atoms with Crippen molar-refractivity contribution in [1.29, 1.82) is 0 Å². The number of aliphatic hydroxyl groups is 1. The monoisotopic (exact) mass is 470 g/mol. The summed E-state index contributed by atoms with van der Waals surface area (Å²) in [5.74, 6) is -2.10. The quantitative estimate of drug-likeness (QED) is 0.381. The van der Waals surface area contributed by atoms with Crippen LogP contribution < -0.4 is 0 Å². The molecule has 8 heteroatoms. The van der Waals surface area contributed by atoms with E-state index in [0.29, 0.717) is 36.8 Å². The number of hydrogen-bond acceptors (Lipinski definition) is 6. The number of morpholine rings is 1. The average molecular weight is 471 g/mol. The topological polar surface area (TPSA) is 90.3 Å². The van der Waals surface area contributed by atoms with E-state index in [2.05, 4.69) is 4.90 Å². The number of aromatic hydroxyl groups is 1. The zero-order valence-electron chi connectivity index (χ0n) is 18.5. The summed E-state index contributed by atoms with van der Waals surface area (Å²) in [6, 6.07) is 11.0. The summed E-state index contributed by atoms with van der Waals surface area (Å²) in [7, 11) is 0. The van der Waals surface area contributed by atoms with E-state index in [0.717, 1.165) is 25.2 Å². The Morgan fingerprint density at radius 3 is 2.48 bits per heavy atom. The van der Waals surface area contributed by atoms with Gasteiger partial charge in [0.1, 0.15) is 11.5 Å². The number of amides is 1. The van der Waals surface area contributed by atoms with Crippen LogP contribution in [0.15, 0.2) is 48.0 Å². The van der Waals surface area contributed by atoms with Crippen LogP contribution in [-0.4, -0.2) is 71.1 Å². The number of ketones is 1. The molecule has 2 heterocycles. The van der Waals surface area contributed by atoms with Crippen LogP contribution >= 0.6 is 11.6 Å². The van der Waals surface area contributed by atoms with Gasteiger partial charge in [0.15, 0.2) is 0 Å². The molecule has 2 fully saturated rings. The molecule has 7 nitrogen and oxygen atoms in total. The van der Waals surface area contributed by atoms with Crippen molar-refractivity contribution in [3.63, 3.8) is 0 Å². The molecule has 0 spiro atoms. The van der Waals surface area contributed by atoms with Gasteiger partial charge in [-0.15, -0.1) is 0 Å². The molecule has 2 aromatic carbocycles. The molecule has 1 amide bonds. The predicted octanol–water partition coefficient (Wildman–Crippen LogP) is 3.50.